The molecule has 0 atom stereocenters. The van der Waals surface area contributed by atoms with Crippen molar-refractivity contribution in [1.82, 2.24) is 15.5 Å². The number of amides is 1. The summed E-state index contributed by atoms with van der Waals surface area (Å²) >= 11 is 0. The van der Waals surface area contributed by atoms with E-state index in [2.05, 4.69) is 15.5 Å². The molecule has 3 aromatic rings. The van der Waals surface area contributed by atoms with Crippen molar-refractivity contribution in [3.8, 4) is 0 Å². The molecule has 0 bridgehead atoms. The van der Waals surface area contributed by atoms with Gasteiger partial charge in [0, 0.05) is 31.4 Å². The van der Waals surface area contributed by atoms with Crippen LogP contribution in [0.15, 0.2) is 41.1 Å². The maximum Gasteiger partial charge on any atom is 0.290 e. The number of H-pyrrole nitrogens is 1. The molecule has 6 heteroatoms. The van der Waals surface area contributed by atoms with Crippen molar-refractivity contribution in [2.75, 3.05) is 7.11 Å². The number of nitrogens with one attached hydrogen (secondary N) is 2. The fourth-order valence-electron chi connectivity index (χ4n) is 2.12. The van der Waals surface area contributed by atoms with Crippen molar-refractivity contribution in [3.05, 3.63) is 53.5 Å². The molecule has 0 saturated carbocycles. The van der Waals surface area contributed by atoms with Gasteiger partial charge in [-0.25, -0.2) is 0 Å². The van der Waals surface area contributed by atoms with Crippen LogP contribution in [0.2, 0.25) is 0 Å². The lowest BCUT2D eigenvalue weighted by atomic mass is 10.1. The molecule has 0 unspecified atom stereocenters. The number of hydrogen-bond donors (Lipinski definition) is 2. The average molecular weight is 285 g/mol. The van der Waals surface area contributed by atoms with Crippen LogP contribution < -0.4 is 5.32 Å². The highest BCUT2D eigenvalue weighted by Gasteiger charge is 2.12. The lowest BCUT2D eigenvalue weighted by Gasteiger charge is -2.03. The highest BCUT2D eigenvalue weighted by atomic mass is 16.5. The van der Waals surface area contributed by atoms with Crippen LogP contribution in [0.1, 0.15) is 21.8 Å². The highest BCUT2D eigenvalue weighted by molar-refractivity contribution is 5.91. The summed E-state index contributed by atoms with van der Waals surface area (Å²) < 4.78 is 9.90. The van der Waals surface area contributed by atoms with Crippen LogP contribution >= 0.6 is 0 Å². The number of benzene rings is 1. The number of fused-ring (bicyclic) bond motifs is 1. The molecule has 0 radical (unpaired) electrons. The second kappa shape index (κ2) is 5.80. The first-order valence-electron chi connectivity index (χ1n) is 6.55. The van der Waals surface area contributed by atoms with Gasteiger partial charge in [0.05, 0.1) is 6.61 Å². The Morgan fingerprint density at radius 2 is 2.29 bits per heavy atom. The summed E-state index contributed by atoms with van der Waals surface area (Å²) in [7, 11) is 1.56. The van der Waals surface area contributed by atoms with E-state index in [9.17, 15) is 4.79 Å². The van der Waals surface area contributed by atoms with E-state index in [0.717, 1.165) is 16.5 Å². The lowest BCUT2D eigenvalue weighted by Crippen LogP contribution is -2.22. The standard InChI is InChI=1S/C15H15N3O3/c1-20-9-12-7-14(21-18-12)15(19)17-8-10-2-3-13-11(6-10)4-5-16-13/h2-7,16H,8-9H2,1H3,(H,17,19). The molecule has 1 aromatic carbocycles. The Morgan fingerprint density at radius 3 is 3.14 bits per heavy atom. The van der Waals surface area contributed by atoms with Crippen LogP contribution in [0.5, 0.6) is 0 Å². The zero-order valence-electron chi connectivity index (χ0n) is 11.6. The first kappa shape index (κ1) is 13.4. The topological polar surface area (TPSA) is 80.1 Å². The zero-order valence-corrected chi connectivity index (χ0v) is 11.6. The summed E-state index contributed by atoms with van der Waals surface area (Å²) in [5.74, 6) is -0.108. The molecule has 0 aliphatic carbocycles. The maximum absolute atomic E-state index is 12.0. The van der Waals surface area contributed by atoms with Crippen LogP contribution in [0.25, 0.3) is 10.9 Å². The zero-order chi connectivity index (χ0) is 14.7. The van der Waals surface area contributed by atoms with E-state index in [4.69, 9.17) is 9.26 Å². The van der Waals surface area contributed by atoms with Gasteiger partial charge in [0.25, 0.3) is 5.91 Å². The monoisotopic (exact) mass is 285 g/mol. The summed E-state index contributed by atoms with van der Waals surface area (Å²) in [5, 5.41) is 7.67. The Morgan fingerprint density at radius 1 is 1.38 bits per heavy atom. The third-order valence-electron chi connectivity index (χ3n) is 3.15. The molecule has 1 amide bonds. The second-order valence-electron chi connectivity index (χ2n) is 4.70. The van der Waals surface area contributed by atoms with Gasteiger partial charge in [0.2, 0.25) is 5.76 Å². The van der Waals surface area contributed by atoms with Crippen LogP contribution in [0.3, 0.4) is 0 Å². The minimum absolute atomic E-state index is 0.185. The first-order chi connectivity index (χ1) is 10.3. The van der Waals surface area contributed by atoms with Crippen LogP contribution in [0, 0.1) is 0 Å². The summed E-state index contributed by atoms with van der Waals surface area (Å²) in [6.07, 6.45) is 1.89. The van der Waals surface area contributed by atoms with Gasteiger partial charge in [0.1, 0.15) is 5.69 Å². The van der Waals surface area contributed by atoms with E-state index >= 15 is 0 Å². The number of hydrogen-bond acceptors (Lipinski definition) is 4. The van der Waals surface area contributed by atoms with E-state index in [1.54, 1.807) is 13.2 Å². The Bertz CT molecular complexity index is 760. The molecule has 2 N–H and O–H groups in total. The predicted octanol–water partition coefficient (Wildman–Crippen LogP) is 2.23. The molecule has 0 fully saturated rings. The lowest BCUT2D eigenvalue weighted by molar-refractivity contribution is 0.0913. The van der Waals surface area contributed by atoms with Crippen molar-refractivity contribution in [2.45, 2.75) is 13.2 Å². The number of nitrogens with zero attached hydrogens (tertiary/aromatic N) is 1. The smallest absolute Gasteiger partial charge is 0.290 e. The third kappa shape index (κ3) is 2.95. The summed E-state index contributed by atoms with van der Waals surface area (Å²) in [4.78, 5) is 15.1. The molecule has 2 heterocycles. The van der Waals surface area contributed by atoms with Crippen molar-refractivity contribution in [2.24, 2.45) is 0 Å². The molecule has 2 aromatic heterocycles. The number of aromatic amines is 1. The summed E-state index contributed by atoms with van der Waals surface area (Å²) in [6, 6.07) is 9.56. The van der Waals surface area contributed by atoms with Gasteiger partial charge in [-0.2, -0.15) is 0 Å². The first-order valence-corrected chi connectivity index (χ1v) is 6.55. The Kier molecular flexibility index (Phi) is 3.70. The fraction of sp³-hybridized carbons (Fsp3) is 0.200. The Balaban J connectivity index is 1.64. The van der Waals surface area contributed by atoms with Gasteiger partial charge in [-0.05, 0) is 29.1 Å². The van der Waals surface area contributed by atoms with Crippen molar-refractivity contribution in [1.29, 1.82) is 0 Å². The molecule has 0 saturated heterocycles. The van der Waals surface area contributed by atoms with Gasteiger partial charge in [0.15, 0.2) is 0 Å². The van der Waals surface area contributed by atoms with Crippen molar-refractivity contribution >= 4 is 16.8 Å². The molecule has 21 heavy (non-hydrogen) atoms. The molecule has 0 aliphatic heterocycles. The summed E-state index contributed by atoms with van der Waals surface area (Å²) in [6.45, 7) is 0.751. The predicted molar refractivity (Wildman–Crippen MR) is 76.7 cm³/mol. The van der Waals surface area contributed by atoms with Gasteiger partial charge in [-0.1, -0.05) is 11.2 Å². The van der Waals surface area contributed by atoms with Crippen LogP contribution in [0.4, 0.5) is 0 Å². The quantitative estimate of drug-likeness (QED) is 0.753. The molecule has 0 aliphatic rings. The highest BCUT2D eigenvalue weighted by Crippen LogP contribution is 2.14. The van der Waals surface area contributed by atoms with E-state index in [1.165, 1.54) is 0 Å². The normalized spacial score (nSPS) is 10.9. The number of ether oxygens (including phenoxy) is 1. The minimum Gasteiger partial charge on any atom is -0.378 e. The Labute approximate surface area is 121 Å². The number of rotatable bonds is 5. The SMILES string of the molecule is COCc1cc(C(=O)NCc2ccc3[nH]ccc3c2)on1. The van der Waals surface area contributed by atoms with Crippen LogP contribution in [-0.4, -0.2) is 23.2 Å². The van der Waals surface area contributed by atoms with Crippen molar-refractivity contribution in [3.63, 3.8) is 0 Å². The van der Waals surface area contributed by atoms with E-state index in [-0.39, 0.29) is 11.7 Å². The third-order valence-corrected chi connectivity index (χ3v) is 3.15. The Hall–Kier alpha value is -2.60. The largest absolute Gasteiger partial charge is 0.378 e. The molecular weight excluding hydrogens is 270 g/mol. The number of carbonyl (C=O) groups is 1. The molecule has 6 nitrogen and oxygen atoms in total. The van der Waals surface area contributed by atoms with Gasteiger partial charge in [-0.3, -0.25) is 4.79 Å². The number of methoxy groups -OCH3 is 1. The molecule has 0 spiro atoms. The van der Waals surface area contributed by atoms with E-state index in [1.807, 2.05) is 30.5 Å². The minimum atomic E-state index is -0.293. The van der Waals surface area contributed by atoms with Gasteiger partial charge >= 0.3 is 0 Å². The fourth-order valence-corrected chi connectivity index (χ4v) is 2.12. The number of carbonyl (C=O) groups excluding carboxylic acids is 1. The average Bonchev–Trinajstić information content (AvgIpc) is 3.13. The number of aromatic nitrogens is 2. The maximum atomic E-state index is 12.0. The van der Waals surface area contributed by atoms with Crippen LogP contribution in [-0.2, 0) is 17.9 Å². The van der Waals surface area contributed by atoms with Gasteiger partial charge < -0.3 is 19.6 Å². The van der Waals surface area contributed by atoms with Gasteiger partial charge in [-0.15, -0.1) is 0 Å². The van der Waals surface area contributed by atoms with E-state index < -0.39 is 0 Å². The van der Waals surface area contributed by atoms with E-state index in [0.29, 0.717) is 18.8 Å². The summed E-state index contributed by atoms with van der Waals surface area (Å²) in [5.41, 5.74) is 2.69. The molecule has 108 valence electrons. The molecule has 3 rings (SSSR count). The second-order valence-corrected chi connectivity index (χ2v) is 4.70. The van der Waals surface area contributed by atoms with Crippen molar-refractivity contribution < 1.29 is 14.1 Å². The molecular formula is C15H15N3O3.